The molecule has 0 aliphatic carbocycles. The van der Waals surface area contributed by atoms with Gasteiger partial charge in [-0.1, -0.05) is 28.1 Å². The quantitative estimate of drug-likeness (QED) is 0.486. The highest BCUT2D eigenvalue weighted by Gasteiger charge is 2.47. The van der Waals surface area contributed by atoms with Crippen LogP contribution in [0.3, 0.4) is 0 Å². The lowest BCUT2D eigenvalue weighted by Crippen LogP contribution is -2.40. The van der Waals surface area contributed by atoms with Crippen LogP contribution < -0.4 is 4.74 Å². The number of esters is 1. The summed E-state index contributed by atoms with van der Waals surface area (Å²) < 4.78 is 10.4. The molecule has 18 heavy (non-hydrogen) atoms. The second-order valence-electron chi connectivity index (χ2n) is 4.13. The van der Waals surface area contributed by atoms with Crippen molar-refractivity contribution >= 4 is 27.7 Å². The molecule has 1 aliphatic rings. The Morgan fingerprint density at radius 3 is 2.78 bits per heavy atom. The zero-order chi connectivity index (χ0) is 13.2. The summed E-state index contributed by atoms with van der Waals surface area (Å²) >= 11 is 3.27. The summed E-state index contributed by atoms with van der Waals surface area (Å²) in [4.78, 5) is 23.8. The van der Waals surface area contributed by atoms with Gasteiger partial charge in [-0.3, -0.25) is 9.59 Å². The first-order valence-corrected chi connectivity index (χ1v) is 6.71. The molecule has 96 valence electrons. The van der Waals surface area contributed by atoms with E-state index in [0.717, 1.165) is 0 Å². The average molecular weight is 313 g/mol. The lowest BCUT2D eigenvalue weighted by molar-refractivity contribution is -0.144. The molecule has 0 N–H and O–H groups in total. The normalized spacial score (nSPS) is 22.7. The summed E-state index contributed by atoms with van der Waals surface area (Å²) in [6.45, 7) is 0. The highest BCUT2D eigenvalue weighted by atomic mass is 79.9. The summed E-state index contributed by atoms with van der Waals surface area (Å²) in [5.41, 5.74) is -0.653. The Labute approximate surface area is 113 Å². The van der Waals surface area contributed by atoms with Gasteiger partial charge < -0.3 is 9.47 Å². The second kappa shape index (κ2) is 5.10. The minimum Gasteiger partial charge on any atom is -0.496 e. The third-order valence-corrected chi connectivity index (χ3v) is 3.93. The molecule has 1 aromatic carbocycles. The van der Waals surface area contributed by atoms with Crippen LogP contribution in [0.4, 0.5) is 0 Å². The van der Waals surface area contributed by atoms with Crippen LogP contribution in [0.15, 0.2) is 24.3 Å². The van der Waals surface area contributed by atoms with E-state index in [2.05, 4.69) is 15.9 Å². The van der Waals surface area contributed by atoms with E-state index in [4.69, 9.17) is 9.47 Å². The van der Waals surface area contributed by atoms with E-state index in [1.807, 2.05) is 0 Å². The molecule has 0 amide bonds. The average Bonchev–Trinajstić information content (AvgIpc) is 2.80. The highest BCUT2D eigenvalue weighted by Crippen LogP contribution is 2.34. The van der Waals surface area contributed by atoms with Crippen molar-refractivity contribution in [2.24, 2.45) is 0 Å². The first kappa shape index (κ1) is 13.1. The summed E-state index contributed by atoms with van der Waals surface area (Å²) in [6.07, 6.45) is 0.667. The van der Waals surface area contributed by atoms with Gasteiger partial charge in [-0.05, 0) is 12.1 Å². The number of methoxy groups -OCH3 is 1. The van der Waals surface area contributed by atoms with Crippen molar-refractivity contribution in [2.75, 3.05) is 12.4 Å². The van der Waals surface area contributed by atoms with Crippen molar-refractivity contribution in [2.45, 2.75) is 18.4 Å². The van der Waals surface area contributed by atoms with Crippen LogP contribution in [0.25, 0.3) is 0 Å². The molecule has 1 saturated heterocycles. The summed E-state index contributed by atoms with van der Waals surface area (Å²) in [5.74, 6) is -0.0638. The number of ether oxygens (including phenoxy) is 2. The van der Waals surface area contributed by atoms with Crippen molar-refractivity contribution in [3.63, 3.8) is 0 Å². The van der Waals surface area contributed by atoms with Gasteiger partial charge >= 0.3 is 5.97 Å². The molecule has 1 fully saturated rings. The van der Waals surface area contributed by atoms with E-state index in [0.29, 0.717) is 23.1 Å². The van der Waals surface area contributed by atoms with Gasteiger partial charge in [0, 0.05) is 12.8 Å². The summed E-state index contributed by atoms with van der Waals surface area (Å²) in [5, 5.41) is 0.294. The number of Topliss-reactive ketones (excluding diaryl/α,β-unsaturated/α-hetero) is 1. The molecule has 0 unspecified atom stereocenters. The molecule has 1 heterocycles. The van der Waals surface area contributed by atoms with E-state index in [9.17, 15) is 9.59 Å². The molecule has 0 saturated carbocycles. The maximum absolute atomic E-state index is 12.5. The van der Waals surface area contributed by atoms with Crippen molar-refractivity contribution in [1.29, 1.82) is 0 Å². The number of cyclic esters (lactones) is 1. The van der Waals surface area contributed by atoms with Gasteiger partial charge in [0.15, 0.2) is 5.60 Å². The molecule has 0 radical (unpaired) electrons. The Morgan fingerprint density at radius 1 is 1.50 bits per heavy atom. The van der Waals surface area contributed by atoms with Gasteiger partial charge in [0.2, 0.25) is 5.78 Å². The first-order valence-electron chi connectivity index (χ1n) is 5.58. The molecule has 2 rings (SSSR count). The number of carbonyl (C=O) groups is 2. The van der Waals surface area contributed by atoms with Gasteiger partial charge in [0.1, 0.15) is 5.75 Å². The first-order chi connectivity index (χ1) is 8.63. The molecule has 1 aliphatic heterocycles. The fourth-order valence-electron chi connectivity index (χ4n) is 2.02. The van der Waals surface area contributed by atoms with E-state index >= 15 is 0 Å². The van der Waals surface area contributed by atoms with Crippen LogP contribution in [-0.4, -0.2) is 29.8 Å². The number of para-hydroxylation sites is 1. The second-order valence-corrected chi connectivity index (χ2v) is 4.69. The Bertz CT molecular complexity index is 486. The van der Waals surface area contributed by atoms with Crippen LogP contribution >= 0.6 is 15.9 Å². The number of alkyl halides is 1. The zero-order valence-corrected chi connectivity index (χ0v) is 11.5. The predicted molar refractivity (Wildman–Crippen MR) is 69.2 cm³/mol. The number of halogens is 1. The monoisotopic (exact) mass is 312 g/mol. The Balaban J connectivity index is 2.38. The van der Waals surface area contributed by atoms with E-state index in [-0.39, 0.29) is 18.2 Å². The van der Waals surface area contributed by atoms with Crippen LogP contribution in [0.5, 0.6) is 5.75 Å². The Kier molecular flexibility index (Phi) is 3.71. The molecule has 1 aromatic rings. The fraction of sp³-hybridized carbons (Fsp3) is 0.385. The van der Waals surface area contributed by atoms with Crippen LogP contribution in [0.2, 0.25) is 0 Å². The van der Waals surface area contributed by atoms with Crippen molar-refractivity contribution in [3.05, 3.63) is 29.8 Å². The van der Waals surface area contributed by atoms with Crippen LogP contribution in [-0.2, 0) is 9.53 Å². The topological polar surface area (TPSA) is 52.6 Å². The SMILES string of the molecule is COc1ccccc1C(=O)[C@@]1(CBr)CCC(=O)O1. The molecular formula is C13H13BrO4. The molecule has 5 heteroatoms. The number of hydrogen-bond donors (Lipinski definition) is 0. The molecule has 0 bridgehead atoms. The van der Waals surface area contributed by atoms with Gasteiger partial charge in [-0.15, -0.1) is 0 Å². The molecule has 1 atom stereocenters. The van der Waals surface area contributed by atoms with Crippen molar-refractivity contribution in [1.82, 2.24) is 0 Å². The largest absolute Gasteiger partial charge is 0.496 e. The standard InChI is InChI=1S/C13H13BrO4/c1-17-10-5-3-2-4-9(10)12(16)13(8-14)7-6-11(15)18-13/h2-5H,6-8H2,1H3/t13-/m0/s1. The molecule has 0 spiro atoms. The third-order valence-electron chi connectivity index (χ3n) is 3.02. The molecule has 4 nitrogen and oxygen atoms in total. The Hall–Kier alpha value is -1.36. The molecule has 0 aromatic heterocycles. The zero-order valence-electron chi connectivity index (χ0n) is 9.94. The number of benzene rings is 1. The summed E-state index contributed by atoms with van der Waals surface area (Å²) in [7, 11) is 1.51. The molecular weight excluding hydrogens is 300 g/mol. The minimum atomic E-state index is -1.09. The number of ketones is 1. The lowest BCUT2D eigenvalue weighted by Gasteiger charge is -2.24. The van der Waals surface area contributed by atoms with Crippen LogP contribution in [0, 0.1) is 0 Å². The van der Waals surface area contributed by atoms with Gasteiger partial charge in [0.25, 0.3) is 0 Å². The minimum absolute atomic E-state index is 0.220. The van der Waals surface area contributed by atoms with Gasteiger partial charge in [0.05, 0.1) is 18.0 Å². The number of rotatable bonds is 4. The number of hydrogen-bond acceptors (Lipinski definition) is 4. The van der Waals surface area contributed by atoms with Gasteiger partial charge in [-0.2, -0.15) is 0 Å². The van der Waals surface area contributed by atoms with Crippen molar-refractivity contribution in [3.8, 4) is 5.75 Å². The van der Waals surface area contributed by atoms with Crippen LogP contribution in [0.1, 0.15) is 23.2 Å². The van der Waals surface area contributed by atoms with Crippen molar-refractivity contribution < 1.29 is 19.1 Å². The lowest BCUT2D eigenvalue weighted by atomic mass is 9.91. The Morgan fingerprint density at radius 2 is 2.22 bits per heavy atom. The maximum Gasteiger partial charge on any atom is 0.306 e. The van der Waals surface area contributed by atoms with Gasteiger partial charge in [-0.25, -0.2) is 0 Å². The summed E-state index contributed by atoms with van der Waals surface area (Å²) in [6, 6.07) is 6.94. The highest BCUT2D eigenvalue weighted by molar-refractivity contribution is 9.09. The van der Waals surface area contributed by atoms with E-state index in [1.54, 1.807) is 24.3 Å². The third kappa shape index (κ3) is 2.14. The predicted octanol–water partition coefficient (Wildman–Crippen LogP) is 2.35. The number of carbonyl (C=O) groups excluding carboxylic acids is 2. The van der Waals surface area contributed by atoms with E-state index < -0.39 is 5.60 Å². The fourth-order valence-corrected chi connectivity index (χ4v) is 2.67. The maximum atomic E-state index is 12.5. The van der Waals surface area contributed by atoms with E-state index in [1.165, 1.54) is 7.11 Å². The smallest absolute Gasteiger partial charge is 0.306 e.